The van der Waals surface area contributed by atoms with Crippen molar-refractivity contribution in [2.24, 2.45) is 11.3 Å². The lowest BCUT2D eigenvalue weighted by Gasteiger charge is -2.27. The van der Waals surface area contributed by atoms with Gasteiger partial charge in [0.15, 0.2) is 0 Å². The molecule has 1 aliphatic carbocycles. The summed E-state index contributed by atoms with van der Waals surface area (Å²) >= 11 is 0. The molecular formula is C11H20N2. The molecule has 0 amide bonds. The Morgan fingerprint density at radius 3 is 2.23 bits per heavy atom. The summed E-state index contributed by atoms with van der Waals surface area (Å²) in [5, 5.41) is 12.5. The zero-order valence-electron chi connectivity index (χ0n) is 9.31. The smallest absolute Gasteiger partial charge is 0.107 e. The summed E-state index contributed by atoms with van der Waals surface area (Å²) < 4.78 is 0. The highest BCUT2D eigenvalue weighted by Crippen LogP contribution is 2.57. The molecule has 2 unspecified atom stereocenters. The SMILES string of the molecule is CC(C)NC(C)(C#N)C1CC1(C)C. The fourth-order valence-corrected chi connectivity index (χ4v) is 2.26. The molecule has 0 aromatic heterocycles. The Bertz CT molecular complexity index is 237. The lowest BCUT2D eigenvalue weighted by atomic mass is 9.91. The molecule has 0 saturated heterocycles. The van der Waals surface area contributed by atoms with Crippen molar-refractivity contribution in [3.05, 3.63) is 0 Å². The predicted octanol–water partition coefficient (Wildman–Crippen LogP) is 2.31. The molecule has 2 atom stereocenters. The van der Waals surface area contributed by atoms with Crippen LogP contribution in [0.25, 0.3) is 0 Å². The van der Waals surface area contributed by atoms with E-state index in [1.54, 1.807) is 0 Å². The molecule has 13 heavy (non-hydrogen) atoms. The van der Waals surface area contributed by atoms with Crippen LogP contribution in [-0.2, 0) is 0 Å². The summed E-state index contributed by atoms with van der Waals surface area (Å²) in [4.78, 5) is 0. The van der Waals surface area contributed by atoms with Gasteiger partial charge < -0.3 is 0 Å². The van der Waals surface area contributed by atoms with Crippen molar-refractivity contribution in [2.75, 3.05) is 0 Å². The summed E-state index contributed by atoms with van der Waals surface area (Å²) in [5.74, 6) is 0.507. The Kier molecular flexibility index (Phi) is 2.42. The molecule has 0 aromatic rings. The van der Waals surface area contributed by atoms with Gasteiger partial charge in [0.25, 0.3) is 0 Å². The van der Waals surface area contributed by atoms with Crippen LogP contribution < -0.4 is 5.32 Å². The molecule has 0 aliphatic heterocycles. The fraction of sp³-hybridized carbons (Fsp3) is 0.909. The lowest BCUT2D eigenvalue weighted by Crippen LogP contribution is -2.47. The van der Waals surface area contributed by atoms with E-state index in [2.05, 4.69) is 39.1 Å². The van der Waals surface area contributed by atoms with Gasteiger partial charge in [0.2, 0.25) is 0 Å². The van der Waals surface area contributed by atoms with Gasteiger partial charge in [-0.2, -0.15) is 5.26 Å². The van der Waals surface area contributed by atoms with E-state index >= 15 is 0 Å². The van der Waals surface area contributed by atoms with E-state index in [4.69, 9.17) is 5.26 Å². The van der Waals surface area contributed by atoms with Gasteiger partial charge in [-0.1, -0.05) is 13.8 Å². The highest BCUT2D eigenvalue weighted by molar-refractivity contribution is 5.19. The standard InChI is InChI=1S/C11H20N2/c1-8(2)13-11(5,7-12)9-6-10(9,3)4/h8-9,13H,6H2,1-5H3. The van der Waals surface area contributed by atoms with Crippen LogP contribution in [0, 0.1) is 22.7 Å². The Hall–Kier alpha value is -0.550. The van der Waals surface area contributed by atoms with Gasteiger partial charge in [-0.3, -0.25) is 5.32 Å². The largest absolute Gasteiger partial charge is 0.297 e. The molecule has 2 heteroatoms. The van der Waals surface area contributed by atoms with E-state index < -0.39 is 0 Å². The van der Waals surface area contributed by atoms with Gasteiger partial charge >= 0.3 is 0 Å². The molecule has 1 N–H and O–H groups in total. The first-order valence-corrected chi connectivity index (χ1v) is 5.01. The van der Waals surface area contributed by atoms with Crippen molar-refractivity contribution >= 4 is 0 Å². The molecule has 1 fully saturated rings. The average molecular weight is 180 g/mol. The molecule has 2 nitrogen and oxygen atoms in total. The van der Waals surface area contributed by atoms with Crippen LogP contribution in [0.5, 0.6) is 0 Å². The zero-order valence-corrected chi connectivity index (χ0v) is 9.31. The van der Waals surface area contributed by atoms with Crippen molar-refractivity contribution in [2.45, 2.75) is 52.6 Å². The van der Waals surface area contributed by atoms with E-state index in [1.165, 1.54) is 0 Å². The Balaban J connectivity index is 2.68. The molecule has 0 spiro atoms. The highest BCUT2D eigenvalue weighted by atomic mass is 15.0. The predicted molar refractivity (Wildman–Crippen MR) is 54.2 cm³/mol. The monoisotopic (exact) mass is 180 g/mol. The number of hydrogen-bond donors (Lipinski definition) is 1. The maximum atomic E-state index is 9.16. The summed E-state index contributed by atoms with van der Waals surface area (Å²) in [7, 11) is 0. The fourth-order valence-electron chi connectivity index (χ4n) is 2.26. The molecule has 0 heterocycles. The van der Waals surface area contributed by atoms with Gasteiger partial charge in [-0.15, -0.1) is 0 Å². The first-order valence-electron chi connectivity index (χ1n) is 5.01. The number of nitriles is 1. The van der Waals surface area contributed by atoms with Crippen molar-refractivity contribution < 1.29 is 0 Å². The van der Waals surface area contributed by atoms with Gasteiger partial charge in [0, 0.05) is 6.04 Å². The molecule has 74 valence electrons. The van der Waals surface area contributed by atoms with Gasteiger partial charge in [-0.05, 0) is 38.5 Å². The number of hydrogen-bond acceptors (Lipinski definition) is 2. The second-order valence-corrected chi connectivity index (χ2v) is 5.36. The van der Waals surface area contributed by atoms with Crippen molar-refractivity contribution in [3.63, 3.8) is 0 Å². The van der Waals surface area contributed by atoms with Crippen LogP contribution in [0.2, 0.25) is 0 Å². The first kappa shape index (κ1) is 10.5. The van der Waals surface area contributed by atoms with Crippen LogP contribution in [-0.4, -0.2) is 11.6 Å². The molecular weight excluding hydrogens is 160 g/mol. The third kappa shape index (κ3) is 2.03. The van der Waals surface area contributed by atoms with Gasteiger partial charge in [-0.25, -0.2) is 0 Å². The van der Waals surface area contributed by atoms with Crippen LogP contribution in [0.4, 0.5) is 0 Å². The molecule has 1 rings (SSSR count). The normalized spacial score (nSPS) is 29.5. The van der Waals surface area contributed by atoms with E-state index in [0.717, 1.165) is 6.42 Å². The van der Waals surface area contributed by atoms with E-state index in [0.29, 0.717) is 17.4 Å². The maximum absolute atomic E-state index is 9.16. The zero-order chi connectivity index (χ0) is 10.3. The number of nitrogens with one attached hydrogen (secondary N) is 1. The molecule has 1 aliphatic rings. The third-order valence-corrected chi connectivity index (χ3v) is 3.03. The van der Waals surface area contributed by atoms with Crippen LogP contribution in [0.3, 0.4) is 0 Å². The first-order chi connectivity index (χ1) is 5.82. The van der Waals surface area contributed by atoms with E-state index in [9.17, 15) is 0 Å². The summed E-state index contributed by atoms with van der Waals surface area (Å²) in [6.45, 7) is 10.7. The van der Waals surface area contributed by atoms with Crippen molar-refractivity contribution in [1.29, 1.82) is 5.26 Å². The second kappa shape index (κ2) is 2.99. The second-order valence-electron chi connectivity index (χ2n) is 5.36. The van der Waals surface area contributed by atoms with Crippen LogP contribution in [0.15, 0.2) is 0 Å². The van der Waals surface area contributed by atoms with Crippen LogP contribution >= 0.6 is 0 Å². The maximum Gasteiger partial charge on any atom is 0.107 e. The number of rotatable bonds is 3. The van der Waals surface area contributed by atoms with Crippen molar-refractivity contribution in [1.82, 2.24) is 5.32 Å². The average Bonchev–Trinajstić information content (AvgIpc) is 2.59. The topological polar surface area (TPSA) is 35.8 Å². The number of nitrogens with zero attached hydrogens (tertiary/aromatic N) is 1. The Morgan fingerprint density at radius 1 is 1.54 bits per heavy atom. The third-order valence-electron chi connectivity index (χ3n) is 3.03. The van der Waals surface area contributed by atoms with E-state index in [1.807, 2.05) is 6.92 Å². The molecule has 1 saturated carbocycles. The quantitative estimate of drug-likeness (QED) is 0.723. The minimum atomic E-state index is -0.336. The lowest BCUT2D eigenvalue weighted by molar-refractivity contribution is 0.325. The van der Waals surface area contributed by atoms with Gasteiger partial charge in [0.05, 0.1) is 6.07 Å². The minimum Gasteiger partial charge on any atom is -0.297 e. The molecule has 0 radical (unpaired) electrons. The van der Waals surface area contributed by atoms with Crippen molar-refractivity contribution in [3.8, 4) is 6.07 Å². The Labute approximate surface area is 81.3 Å². The summed E-state index contributed by atoms with van der Waals surface area (Å²) in [5.41, 5.74) is 0.0179. The van der Waals surface area contributed by atoms with Crippen LogP contribution in [0.1, 0.15) is 41.0 Å². The van der Waals surface area contributed by atoms with Gasteiger partial charge in [0.1, 0.15) is 5.54 Å². The van der Waals surface area contributed by atoms with E-state index in [-0.39, 0.29) is 5.54 Å². The Morgan fingerprint density at radius 2 is 2.00 bits per heavy atom. The summed E-state index contributed by atoms with van der Waals surface area (Å²) in [6, 6.07) is 2.79. The molecule has 0 bridgehead atoms. The minimum absolute atomic E-state index is 0.336. The molecule has 0 aromatic carbocycles. The summed E-state index contributed by atoms with van der Waals surface area (Å²) in [6.07, 6.45) is 1.16. The highest BCUT2D eigenvalue weighted by Gasteiger charge is 2.56.